The van der Waals surface area contributed by atoms with Gasteiger partial charge in [0.15, 0.2) is 5.78 Å². The van der Waals surface area contributed by atoms with Gasteiger partial charge in [-0.3, -0.25) is 4.79 Å². The third-order valence-corrected chi connectivity index (χ3v) is 3.72. The third-order valence-electron chi connectivity index (χ3n) is 2.59. The smallest absolute Gasteiger partial charge is 0.196 e. The van der Waals surface area contributed by atoms with E-state index in [9.17, 15) is 9.18 Å². The summed E-state index contributed by atoms with van der Waals surface area (Å²) in [5.74, 6) is -0.305. The van der Waals surface area contributed by atoms with Crippen molar-refractivity contribution in [2.75, 3.05) is 7.11 Å². The number of hydrogen-bond acceptors (Lipinski definition) is 2. The summed E-state index contributed by atoms with van der Waals surface area (Å²) in [5.41, 5.74) is 0.663. The SMILES string of the molecule is COc1ccc(Br)cc1C(=O)c1ccc(Br)c(F)c1. The fourth-order valence-electron chi connectivity index (χ4n) is 1.65. The molecule has 0 amide bonds. The van der Waals surface area contributed by atoms with E-state index in [1.807, 2.05) is 0 Å². The monoisotopic (exact) mass is 386 g/mol. The van der Waals surface area contributed by atoms with Gasteiger partial charge in [-0.25, -0.2) is 4.39 Å². The van der Waals surface area contributed by atoms with E-state index in [1.165, 1.54) is 19.2 Å². The summed E-state index contributed by atoms with van der Waals surface area (Å²) < 4.78 is 19.7. The molecule has 0 saturated carbocycles. The molecule has 0 radical (unpaired) electrons. The van der Waals surface area contributed by atoms with Crippen molar-refractivity contribution < 1.29 is 13.9 Å². The van der Waals surface area contributed by atoms with Gasteiger partial charge in [0.1, 0.15) is 11.6 Å². The molecule has 0 aliphatic carbocycles. The van der Waals surface area contributed by atoms with Crippen molar-refractivity contribution in [1.29, 1.82) is 0 Å². The van der Waals surface area contributed by atoms with Gasteiger partial charge in [0.25, 0.3) is 0 Å². The topological polar surface area (TPSA) is 26.3 Å². The van der Waals surface area contributed by atoms with E-state index >= 15 is 0 Å². The molecule has 2 rings (SSSR count). The first-order valence-corrected chi connectivity index (χ1v) is 6.95. The first-order chi connectivity index (χ1) is 9.02. The summed E-state index contributed by atoms with van der Waals surface area (Å²) in [6.07, 6.45) is 0. The zero-order valence-electron chi connectivity index (χ0n) is 9.91. The highest BCUT2D eigenvalue weighted by atomic mass is 79.9. The van der Waals surface area contributed by atoms with Gasteiger partial charge in [0.05, 0.1) is 17.1 Å². The summed E-state index contributed by atoms with van der Waals surface area (Å²) >= 11 is 6.36. The van der Waals surface area contributed by atoms with Gasteiger partial charge < -0.3 is 4.74 Å². The summed E-state index contributed by atoms with van der Waals surface area (Å²) in [6, 6.07) is 9.39. The fourth-order valence-corrected chi connectivity index (χ4v) is 2.26. The molecule has 5 heteroatoms. The predicted octanol–water partition coefficient (Wildman–Crippen LogP) is 4.59. The highest BCUT2D eigenvalue weighted by molar-refractivity contribution is 9.10. The van der Waals surface area contributed by atoms with E-state index < -0.39 is 5.82 Å². The van der Waals surface area contributed by atoms with Gasteiger partial charge in [-0.05, 0) is 52.3 Å². The number of ether oxygens (including phenoxy) is 1. The molecule has 19 heavy (non-hydrogen) atoms. The van der Waals surface area contributed by atoms with Gasteiger partial charge in [0.2, 0.25) is 0 Å². The number of halogens is 3. The van der Waals surface area contributed by atoms with E-state index in [2.05, 4.69) is 31.9 Å². The Kier molecular flexibility index (Phi) is 4.37. The Balaban J connectivity index is 2.49. The van der Waals surface area contributed by atoms with E-state index in [0.717, 1.165) is 4.47 Å². The molecule has 0 aliphatic heterocycles. The second kappa shape index (κ2) is 5.84. The molecule has 2 nitrogen and oxygen atoms in total. The number of carbonyl (C=O) groups excluding carboxylic acids is 1. The zero-order chi connectivity index (χ0) is 14.0. The largest absolute Gasteiger partial charge is 0.496 e. The molecule has 0 fully saturated rings. The number of ketones is 1. The number of hydrogen-bond donors (Lipinski definition) is 0. The quantitative estimate of drug-likeness (QED) is 0.720. The van der Waals surface area contributed by atoms with Crippen LogP contribution in [0.25, 0.3) is 0 Å². The molecular formula is C14H9Br2FO2. The third kappa shape index (κ3) is 3.04. The van der Waals surface area contributed by atoms with Crippen LogP contribution in [-0.4, -0.2) is 12.9 Å². The zero-order valence-corrected chi connectivity index (χ0v) is 13.1. The molecule has 0 unspecified atom stereocenters. The standard InChI is InChI=1S/C14H9Br2FO2/c1-19-13-5-3-9(15)7-10(13)14(18)8-2-4-11(16)12(17)6-8/h2-7H,1H3. The van der Waals surface area contributed by atoms with Crippen LogP contribution in [0.2, 0.25) is 0 Å². The minimum absolute atomic E-state index is 0.275. The van der Waals surface area contributed by atoms with Crippen molar-refractivity contribution in [3.8, 4) is 5.75 Å². The van der Waals surface area contributed by atoms with Gasteiger partial charge in [-0.2, -0.15) is 0 Å². The fraction of sp³-hybridized carbons (Fsp3) is 0.0714. The van der Waals surface area contributed by atoms with Crippen LogP contribution in [0.3, 0.4) is 0 Å². The van der Waals surface area contributed by atoms with E-state index in [0.29, 0.717) is 15.8 Å². The van der Waals surface area contributed by atoms with Crippen LogP contribution in [-0.2, 0) is 0 Å². The lowest BCUT2D eigenvalue weighted by molar-refractivity contribution is 0.103. The maximum atomic E-state index is 13.5. The van der Waals surface area contributed by atoms with Crippen molar-refractivity contribution in [2.24, 2.45) is 0 Å². The van der Waals surface area contributed by atoms with Crippen LogP contribution in [0.5, 0.6) is 5.75 Å². The summed E-state index contributed by atoms with van der Waals surface area (Å²) in [7, 11) is 1.49. The Bertz CT molecular complexity index is 641. The first kappa shape index (κ1) is 14.2. The molecule has 0 bridgehead atoms. The average Bonchev–Trinajstić information content (AvgIpc) is 2.41. The second-order valence-corrected chi connectivity index (χ2v) is 5.57. The van der Waals surface area contributed by atoms with Crippen molar-refractivity contribution in [1.82, 2.24) is 0 Å². The van der Waals surface area contributed by atoms with E-state index in [1.54, 1.807) is 24.3 Å². The maximum absolute atomic E-state index is 13.5. The summed E-state index contributed by atoms with van der Waals surface area (Å²) in [5, 5.41) is 0. The van der Waals surface area contributed by atoms with Gasteiger partial charge in [-0.1, -0.05) is 15.9 Å². The normalized spacial score (nSPS) is 10.3. The number of benzene rings is 2. The number of rotatable bonds is 3. The summed E-state index contributed by atoms with van der Waals surface area (Å²) in [4.78, 5) is 12.4. The van der Waals surface area contributed by atoms with Gasteiger partial charge in [0, 0.05) is 10.0 Å². The predicted molar refractivity (Wildman–Crippen MR) is 78.2 cm³/mol. The molecule has 0 atom stereocenters. The molecular weight excluding hydrogens is 379 g/mol. The van der Waals surface area contributed by atoms with Crippen molar-refractivity contribution in [3.05, 3.63) is 62.3 Å². The number of carbonyl (C=O) groups is 1. The minimum atomic E-state index is -0.472. The Hall–Kier alpha value is -1.20. The molecule has 0 saturated heterocycles. The van der Waals surface area contributed by atoms with Crippen LogP contribution in [0.1, 0.15) is 15.9 Å². The Morgan fingerprint density at radius 2 is 1.89 bits per heavy atom. The van der Waals surface area contributed by atoms with Gasteiger partial charge in [-0.15, -0.1) is 0 Å². The minimum Gasteiger partial charge on any atom is -0.496 e. The molecule has 0 N–H and O–H groups in total. The molecule has 0 heterocycles. The summed E-state index contributed by atoms with van der Waals surface area (Å²) in [6.45, 7) is 0. The first-order valence-electron chi connectivity index (χ1n) is 5.36. The average molecular weight is 388 g/mol. The Morgan fingerprint density at radius 1 is 1.16 bits per heavy atom. The highest BCUT2D eigenvalue weighted by Gasteiger charge is 2.16. The van der Waals surface area contributed by atoms with E-state index in [-0.39, 0.29) is 11.3 Å². The van der Waals surface area contributed by atoms with Crippen molar-refractivity contribution in [2.45, 2.75) is 0 Å². The lowest BCUT2D eigenvalue weighted by Crippen LogP contribution is -2.04. The second-order valence-electron chi connectivity index (χ2n) is 3.80. The van der Waals surface area contributed by atoms with Crippen LogP contribution in [0.15, 0.2) is 45.3 Å². The van der Waals surface area contributed by atoms with Crippen LogP contribution < -0.4 is 4.74 Å². The molecule has 2 aromatic rings. The molecule has 98 valence electrons. The molecule has 0 aromatic heterocycles. The lowest BCUT2D eigenvalue weighted by atomic mass is 10.0. The van der Waals surface area contributed by atoms with Crippen molar-refractivity contribution in [3.63, 3.8) is 0 Å². The maximum Gasteiger partial charge on any atom is 0.196 e. The van der Waals surface area contributed by atoms with Crippen LogP contribution in [0.4, 0.5) is 4.39 Å². The van der Waals surface area contributed by atoms with Crippen molar-refractivity contribution >= 4 is 37.6 Å². The molecule has 0 aliphatic rings. The molecule has 0 spiro atoms. The number of methoxy groups -OCH3 is 1. The highest BCUT2D eigenvalue weighted by Crippen LogP contribution is 2.26. The van der Waals surface area contributed by atoms with Crippen LogP contribution >= 0.6 is 31.9 Å². The lowest BCUT2D eigenvalue weighted by Gasteiger charge is -2.08. The Morgan fingerprint density at radius 3 is 2.53 bits per heavy atom. The Labute approximate surface area is 126 Å². The van der Waals surface area contributed by atoms with Gasteiger partial charge >= 0.3 is 0 Å². The molecule has 2 aromatic carbocycles. The van der Waals surface area contributed by atoms with E-state index in [4.69, 9.17) is 4.74 Å². The van der Waals surface area contributed by atoms with Crippen LogP contribution in [0, 0.1) is 5.82 Å².